The van der Waals surface area contributed by atoms with Crippen molar-refractivity contribution in [3.05, 3.63) is 0 Å². The van der Waals surface area contributed by atoms with Gasteiger partial charge in [0.1, 0.15) is 19.8 Å². The first-order valence-corrected chi connectivity index (χ1v) is 28.3. The summed E-state index contributed by atoms with van der Waals surface area (Å²) in [5.74, 6) is -3.72. The number of likely N-dealkylation sites (tertiary alicyclic amines) is 1. The van der Waals surface area contributed by atoms with Gasteiger partial charge in [0.25, 0.3) is 0 Å². The zero-order valence-corrected chi connectivity index (χ0v) is 46.4. The van der Waals surface area contributed by atoms with Crippen LogP contribution in [0, 0.1) is 0 Å². The Bertz CT molecular complexity index is 1330. The van der Waals surface area contributed by atoms with Gasteiger partial charge in [-0.05, 0) is 52.6 Å². The van der Waals surface area contributed by atoms with Crippen molar-refractivity contribution in [3.8, 4) is 0 Å². The standard InChI is InChI=1S/C55H100N4O14/c1-7-11-15-19-23-27-34-67-49(60)39-57(40-50(61)68-35-28-24-20-16-12-8-2)43-53(64)72-45-47-31-32-48(59(47)55(66)71-38-33-56(5)6)46-73-54(65)44-58(41-51(62)69-36-29-25-21-17-13-9-3)42-52(63)70-37-30-26-22-18-14-10-4/h47-48H,7-46H2,1-6H3/t47-,48+. The quantitative estimate of drug-likeness (QED) is 0.0318. The molecule has 0 aliphatic carbocycles. The van der Waals surface area contributed by atoms with Crippen molar-refractivity contribution in [2.75, 3.05) is 106 Å². The van der Waals surface area contributed by atoms with Crippen LogP contribution < -0.4 is 0 Å². The minimum Gasteiger partial charge on any atom is -0.465 e. The van der Waals surface area contributed by atoms with Crippen molar-refractivity contribution in [2.24, 2.45) is 0 Å². The number of ether oxygens (including phenoxy) is 7. The molecule has 1 amide bonds. The molecule has 1 rings (SSSR count). The first-order valence-electron chi connectivity index (χ1n) is 28.3. The smallest absolute Gasteiger partial charge is 0.410 e. The predicted octanol–water partition coefficient (Wildman–Crippen LogP) is 8.82. The molecule has 1 heterocycles. The van der Waals surface area contributed by atoms with Crippen LogP contribution in [0.3, 0.4) is 0 Å². The number of amides is 1. The Hall–Kier alpha value is -4.03. The molecule has 0 bridgehead atoms. The van der Waals surface area contributed by atoms with Gasteiger partial charge in [0, 0.05) is 6.54 Å². The van der Waals surface area contributed by atoms with Gasteiger partial charge in [0.05, 0.1) is 77.8 Å². The van der Waals surface area contributed by atoms with E-state index in [4.69, 9.17) is 33.2 Å². The molecule has 1 aliphatic heterocycles. The van der Waals surface area contributed by atoms with Gasteiger partial charge in [0.15, 0.2) is 0 Å². The number of nitrogens with zero attached hydrogens (tertiary/aromatic N) is 4. The Morgan fingerprint density at radius 3 is 0.890 bits per heavy atom. The molecule has 2 atom stereocenters. The fraction of sp³-hybridized carbons (Fsp3) is 0.873. The third-order valence-corrected chi connectivity index (χ3v) is 12.6. The number of carbonyl (C=O) groups excluding carboxylic acids is 7. The maximum absolute atomic E-state index is 13.7. The molecular formula is C55H100N4O14. The van der Waals surface area contributed by atoms with Crippen LogP contribution in [0.2, 0.25) is 0 Å². The molecule has 0 unspecified atom stereocenters. The average Bonchev–Trinajstić information content (AvgIpc) is 3.76. The number of esters is 6. The second-order valence-electron chi connectivity index (χ2n) is 19.8. The van der Waals surface area contributed by atoms with Crippen LogP contribution >= 0.6 is 0 Å². The lowest BCUT2D eigenvalue weighted by atomic mass is 10.1. The molecule has 1 aliphatic rings. The molecule has 0 aromatic heterocycles. The summed E-state index contributed by atoms with van der Waals surface area (Å²) >= 11 is 0. The van der Waals surface area contributed by atoms with E-state index in [0.717, 1.165) is 154 Å². The summed E-state index contributed by atoms with van der Waals surface area (Å²) < 4.78 is 38.9. The lowest BCUT2D eigenvalue weighted by molar-refractivity contribution is -0.154. The maximum Gasteiger partial charge on any atom is 0.410 e. The average molecular weight is 1040 g/mol. The summed E-state index contributed by atoms with van der Waals surface area (Å²) in [6.45, 7) is 7.55. The van der Waals surface area contributed by atoms with Gasteiger partial charge in [-0.2, -0.15) is 0 Å². The van der Waals surface area contributed by atoms with E-state index in [1.54, 1.807) is 0 Å². The molecular weight excluding hydrogens is 941 g/mol. The van der Waals surface area contributed by atoms with Crippen molar-refractivity contribution in [3.63, 3.8) is 0 Å². The number of hydrogen-bond acceptors (Lipinski definition) is 17. The van der Waals surface area contributed by atoms with Crippen LogP contribution in [0.15, 0.2) is 0 Å². The summed E-state index contributed by atoms with van der Waals surface area (Å²) in [5.41, 5.74) is 0. The number of unbranched alkanes of at least 4 members (excludes halogenated alkanes) is 20. The van der Waals surface area contributed by atoms with E-state index in [1.165, 1.54) is 14.7 Å². The third kappa shape index (κ3) is 37.4. The minimum atomic E-state index is -0.723. The van der Waals surface area contributed by atoms with E-state index < -0.39 is 67.1 Å². The van der Waals surface area contributed by atoms with Crippen molar-refractivity contribution in [1.29, 1.82) is 0 Å². The SMILES string of the molecule is CCCCCCCCOC(=O)CN(CC(=O)OCCCCCCCC)CC(=O)OC[C@H]1CC[C@@H](COC(=O)CN(CC(=O)OCCCCCCCC)CC(=O)OCCCCCCCC)N1C(=O)OCCN(C)C. The third-order valence-electron chi connectivity index (χ3n) is 12.6. The summed E-state index contributed by atoms with van der Waals surface area (Å²) in [7, 11) is 3.69. The van der Waals surface area contributed by atoms with Crippen molar-refractivity contribution < 1.29 is 66.7 Å². The Labute approximate surface area is 439 Å². The molecule has 0 spiro atoms. The van der Waals surface area contributed by atoms with Crippen LogP contribution in [-0.4, -0.2) is 180 Å². The summed E-state index contributed by atoms with van der Waals surface area (Å²) in [5, 5.41) is 0. The van der Waals surface area contributed by atoms with E-state index in [2.05, 4.69) is 27.7 Å². The lowest BCUT2D eigenvalue weighted by Gasteiger charge is -2.29. The highest BCUT2D eigenvalue weighted by Crippen LogP contribution is 2.26. The molecule has 0 aromatic carbocycles. The molecule has 0 radical (unpaired) electrons. The van der Waals surface area contributed by atoms with Gasteiger partial charge in [0.2, 0.25) is 0 Å². The van der Waals surface area contributed by atoms with Gasteiger partial charge < -0.3 is 38.1 Å². The van der Waals surface area contributed by atoms with E-state index >= 15 is 0 Å². The molecule has 1 saturated heterocycles. The summed E-state index contributed by atoms with van der Waals surface area (Å²) in [4.78, 5) is 98.1. The second kappa shape index (κ2) is 45.4. The highest BCUT2D eigenvalue weighted by molar-refractivity contribution is 5.79. The topological polar surface area (TPSA) is 197 Å². The fourth-order valence-corrected chi connectivity index (χ4v) is 8.33. The first-order chi connectivity index (χ1) is 35.3. The van der Waals surface area contributed by atoms with Gasteiger partial charge >= 0.3 is 41.9 Å². The molecule has 0 N–H and O–H groups in total. The first kappa shape index (κ1) is 67.0. The Morgan fingerprint density at radius 2 is 0.616 bits per heavy atom. The monoisotopic (exact) mass is 1040 g/mol. The second-order valence-corrected chi connectivity index (χ2v) is 19.8. The van der Waals surface area contributed by atoms with E-state index in [0.29, 0.717) is 19.4 Å². The Balaban J connectivity index is 3.01. The van der Waals surface area contributed by atoms with Gasteiger partial charge in [-0.25, -0.2) is 4.79 Å². The van der Waals surface area contributed by atoms with E-state index in [-0.39, 0.29) is 72.4 Å². The molecule has 0 aromatic rings. The van der Waals surface area contributed by atoms with Crippen molar-refractivity contribution >= 4 is 41.9 Å². The Kier molecular flexibility index (Phi) is 41.6. The summed E-state index contributed by atoms with van der Waals surface area (Å²) in [6.07, 6.45) is 24.7. The van der Waals surface area contributed by atoms with E-state index in [1.807, 2.05) is 19.0 Å². The fourth-order valence-electron chi connectivity index (χ4n) is 8.33. The highest BCUT2D eigenvalue weighted by atomic mass is 16.6. The van der Waals surface area contributed by atoms with Crippen LogP contribution in [0.1, 0.15) is 195 Å². The minimum absolute atomic E-state index is 0.0824. The number of rotatable bonds is 47. The lowest BCUT2D eigenvalue weighted by Crippen LogP contribution is -2.47. The van der Waals surface area contributed by atoms with Gasteiger partial charge in [-0.15, -0.1) is 0 Å². The van der Waals surface area contributed by atoms with Crippen molar-refractivity contribution in [1.82, 2.24) is 19.6 Å². The number of carbonyl (C=O) groups is 7. The number of hydrogen-bond donors (Lipinski definition) is 0. The molecule has 18 heteroatoms. The van der Waals surface area contributed by atoms with Crippen LogP contribution in [0.4, 0.5) is 4.79 Å². The molecule has 73 heavy (non-hydrogen) atoms. The molecule has 1 fully saturated rings. The summed E-state index contributed by atoms with van der Waals surface area (Å²) in [6, 6.07) is -1.28. The zero-order chi connectivity index (χ0) is 53.7. The van der Waals surface area contributed by atoms with Crippen LogP contribution in [0.5, 0.6) is 0 Å². The zero-order valence-electron chi connectivity index (χ0n) is 46.4. The predicted molar refractivity (Wildman–Crippen MR) is 281 cm³/mol. The van der Waals surface area contributed by atoms with Crippen LogP contribution in [0.25, 0.3) is 0 Å². The maximum atomic E-state index is 13.7. The highest BCUT2D eigenvalue weighted by Gasteiger charge is 2.40. The number of likely N-dealkylation sites (N-methyl/N-ethyl adjacent to an activating group) is 1. The molecule has 0 saturated carbocycles. The van der Waals surface area contributed by atoms with E-state index in [9.17, 15) is 33.6 Å². The van der Waals surface area contributed by atoms with Crippen LogP contribution in [-0.2, 0) is 61.9 Å². The van der Waals surface area contributed by atoms with Crippen molar-refractivity contribution in [2.45, 2.75) is 207 Å². The molecule has 424 valence electrons. The normalized spacial score (nSPS) is 14.4. The largest absolute Gasteiger partial charge is 0.465 e. The van der Waals surface area contributed by atoms with Gasteiger partial charge in [-0.1, -0.05) is 156 Å². The van der Waals surface area contributed by atoms with Gasteiger partial charge in [-0.3, -0.25) is 43.5 Å². The molecule has 18 nitrogen and oxygen atoms in total. The Morgan fingerprint density at radius 1 is 0.356 bits per heavy atom.